The molecule has 1 rings (SSSR count). The SMILES string of the molecule is CCS(=O)(=O)CCNC(=O)c1cc(N)ccn1. The molecule has 1 heterocycles. The third kappa shape index (κ3) is 4.39. The number of anilines is 1. The molecule has 6 nitrogen and oxygen atoms in total. The van der Waals surface area contributed by atoms with E-state index < -0.39 is 15.7 Å². The molecular weight excluding hydrogens is 242 g/mol. The van der Waals surface area contributed by atoms with E-state index in [4.69, 9.17) is 5.73 Å². The van der Waals surface area contributed by atoms with Gasteiger partial charge in [0.25, 0.3) is 5.91 Å². The molecule has 0 bridgehead atoms. The number of pyridine rings is 1. The Labute approximate surface area is 100 Å². The summed E-state index contributed by atoms with van der Waals surface area (Å²) < 4.78 is 22.4. The van der Waals surface area contributed by atoms with Gasteiger partial charge in [-0.15, -0.1) is 0 Å². The van der Waals surface area contributed by atoms with Crippen molar-refractivity contribution in [3.05, 3.63) is 24.0 Å². The van der Waals surface area contributed by atoms with Gasteiger partial charge in [0.2, 0.25) is 0 Å². The van der Waals surface area contributed by atoms with E-state index in [-0.39, 0.29) is 23.7 Å². The third-order valence-corrected chi connectivity index (χ3v) is 3.86. The average molecular weight is 257 g/mol. The monoisotopic (exact) mass is 257 g/mol. The molecule has 94 valence electrons. The highest BCUT2D eigenvalue weighted by Crippen LogP contribution is 2.02. The van der Waals surface area contributed by atoms with Gasteiger partial charge in [-0.3, -0.25) is 9.78 Å². The predicted molar refractivity (Wildman–Crippen MR) is 65.3 cm³/mol. The van der Waals surface area contributed by atoms with Crippen LogP contribution in [0.15, 0.2) is 18.3 Å². The van der Waals surface area contributed by atoms with Gasteiger partial charge in [0.1, 0.15) is 5.69 Å². The molecule has 0 unspecified atom stereocenters. The van der Waals surface area contributed by atoms with Crippen molar-refractivity contribution in [1.29, 1.82) is 0 Å². The van der Waals surface area contributed by atoms with E-state index in [1.54, 1.807) is 13.0 Å². The number of nitrogens with zero attached hydrogens (tertiary/aromatic N) is 1. The summed E-state index contributed by atoms with van der Waals surface area (Å²) >= 11 is 0. The summed E-state index contributed by atoms with van der Waals surface area (Å²) in [6.07, 6.45) is 1.42. The molecule has 0 aliphatic heterocycles. The Hall–Kier alpha value is -1.63. The zero-order valence-electron chi connectivity index (χ0n) is 9.51. The Morgan fingerprint density at radius 3 is 2.82 bits per heavy atom. The molecule has 3 N–H and O–H groups in total. The molecule has 0 saturated carbocycles. The van der Waals surface area contributed by atoms with E-state index >= 15 is 0 Å². The maximum Gasteiger partial charge on any atom is 0.269 e. The van der Waals surface area contributed by atoms with Crippen LogP contribution >= 0.6 is 0 Å². The summed E-state index contributed by atoms with van der Waals surface area (Å²) in [5.74, 6) is -0.430. The van der Waals surface area contributed by atoms with Crippen LogP contribution in [0.3, 0.4) is 0 Å². The van der Waals surface area contributed by atoms with Crippen LogP contribution in [0.5, 0.6) is 0 Å². The minimum Gasteiger partial charge on any atom is -0.399 e. The number of hydrogen-bond donors (Lipinski definition) is 2. The summed E-state index contributed by atoms with van der Waals surface area (Å²) in [5, 5.41) is 2.48. The van der Waals surface area contributed by atoms with Crippen LogP contribution < -0.4 is 11.1 Å². The summed E-state index contributed by atoms with van der Waals surface area (Å²) in [6.45, 7) is 1.64. The normalized spacial score (nSPS) is 11.1. The molecule has 1 aromatic rings. The number of carbonyl (C=O) groups excluding carboxylic acids is 1. The number of rotatable bonds is 5. The fourth-order valence-corrected chi connectivity index (χ4v) is 1.83. The zero-order valence-corrected chi connectivity index (χ0v) is 10.3. The van der Waals surface area contributed by atoms with Gasteiger partial charge >= 0.3 is 0 Å². The number of sulfone groups is 1. The first-order chi connectivity index (χ1) is 7.94. The molecule has 0 aliphatic rings. The second-order valence-electron chi connectivity index (χ2n) is 3.47. The van der Waals surface area contributed by atoms with Crippen LogP contribution in [0.2, 0.25) is 0 Å². The fourth-order valence-electron chi connectivity index (χ4n) is 1.13. The topological polar surface area (TPSA) is 102 Å². The predicted octanol–water partition coefficient (Wildman–Crippen LogP) is -0.172. The molecule has 1 amide bonds. The van der Waals surface area contributed by atoms with E-state index in [0.717, 1.165) is 0 Å². The van der Waals surface area contributed by atoms with Crippen LogP contribution in [-0.4, -0.2) is 37.4 Å². The van der Waals surface area contributed by atoms with Crippen molar-refractivity contribution >= 4 is 21.4 Å². The number of nitrogens with two attached hydrogens (primary N) is 1. The lowest BCUT2D eigenvalue weighted by molar-refractivity contribution is 0.0951. The number of hydrogen-bond acceptors (Lipinski definition) is 5. The van der Waals surface area contributed by atoms with Crippen molar-refractivity contribution in [1.82, 2.24) is 10.3 Å². The second-order valence-corrected chi connectivity index (χ2v) is 5.94. The molecule has 0 aromatic carbocycles. The van der Waals surface area contributed by atoms with Crippen LogP contribution in [0.4, 0.5) is 5.69 Å². The van der Waals surface area contributed by atoms with Crippen molar-refractivity contribution in [3.8, 4) is 0 Å². The van der Waals surface area contributed by atoms with Crippen molar-refractivity contribution in [2.45, 2.75) is 6.92 Å². The Morgan fingerprint density at radius 2 is 2.24 bits per heavy atom. The van der Waals surface area contributed by atoms with E-state index in [0.29, 0.717) is 5.69 Å². The van der Waals surface area contributed by atoms with E-state index in [9.17, 15) is 13.2 Å². The third-order valence-electron chi connectivity index (χ3n) is 2.16. The van der Waals surface area contributed by atoms with Gasteiger partial charge < -0.3 is 11.1 Å². The van der Waals surface area contributed by atoms with Crippen LogP contribution in [0.1, 0.15) is 17.4 Å². The largest absolute Gasteiger partial charge is 0.399 e. The van der Waals surface area contributed by atoms with Crippen LogP contribution in [0.25, 0.3) is 0 Å². The van der Waals surface area contributed by atoms with E-state index in [1.165, 1.54) is 12.3 Å². The van der Waals surface area contributed by atoms with Gasteiger partial charge in [0.15, 0.2) is 9.84 Å². The lowest BCUT2D eigenvalue weighted by Gasteiger charge is -2.05. The highest BCUT2D eigenvalue weighted by Gasteiger charge is 2.10. The lowest BCUT2D eigenvalue weighted by Crippen LogP contribution is -2.30. The van der Waals surface area contributed by atoms with Gasteiger partial charge in [-0.25, -0.2) is 8.42 Å². The standard InChI is InChI=1S/C10H15N3O3S/c1-2-17(15,16)6-5-13-10(14)9-7-8(11)3-4-12-9/h3-4,7H,2,5-6H2,1H3,(H2,11,12)(H,13,14). The summed E-state index contributed by atoms with van der Waals surface area (Å²) in [5.41, 5.74) is 6.12. The minimum atomic E-state index is -3.07. The Morgan fingerprint density at radius 1 is 1.53 bits per heavy atom. The Kier molecular flexibility index (Phi) is 4.45. The lowest BCUT2D eigenvalue weighted by atomic mass is 10.3. The molecule has 0 saturated heterocycles. The molecule has 7 heteroatoms. The Balaban J connectivity index is 2.51. The van der Waals surface area contributed by atoms with E-state index in [2.05, 4.69) is 10.3 Å². The minimum absolute atomic E-state index is 0.0689. The van der Waals surface area contributed by atoms with Gasteiger partial charge in [-0.2, -0.15) is 0 Å². The van der Waals surface area contributed by atoms with Crippen molar-refractivity contribution in [2.75, 3.05) is 23.8 Å². The first kappa shape index (κ1) is 13.4. The van der Waals surface area contributed by atoms with Crippen LogP contribution in [0, 0.1) is 0 Å². The number of nitrogen functional groups attached to an aromatic ring is 1. The van der Waals surface area contributed by atoms with Crippen molar-refractivity contribution in [2.24, 2.45) is 0 Å². The van der Waals surface area contributed by atoms with Gasteiger partial charge in [0.05, 0.1) is 5.75 Å². The molecule has 0 atom stereocenters. The van der Waals surface area contributed by atoms with E-state index in [1.807, 2.05) is 0 Å². The van der Waals surface area contributed by atoms with Gasteiger partial charge in [0, 0.05) is 24.2 Å². The summed E-state index contributed by atoms with van der Waals surface area (Å²) in [4.78, 5) is 15.4. The second kappa shape index (κ2) is 5.62. The molecule has 1 aromatic heterocycles. The van der Waals surface area contributed by atoms with Gasteiger partial charge in [-0.1, -0.05) is 6.92 Å². The highest BCUT2D eigenvalue weighted by molar-refractivity contribution is 7.91. The first-order valence-corrected chi connectivity index (χ1v) is 6.97. The van der Waals surface area contributed by atoms with Crippen LogP contribution in [-0.2, 0) is 9.84 Å². The maximum absolute atomic E-state index is 11.5. The molecule has 0 radical (unpaired) electrons. The quantitative estimate of drug-likeness (QED) is 0.762. The smallest absolute Gasteiger partial charge is 0.269 e. The number of carbonyl (C=O) groups is 1. The average Bonchev–Trinajstić information content (AvgIpc) is 2.28. The molecule has 0 fully saturated rings. The molecule has 0 aliphatic carbocycles. The Bertz CT molecular complexity index is 499. The summed E-state index contributed by atoms with van der Waals surface area (Å²) in [6, 6.07) is 3.00. The number of amides is 1. The first-order valence-electron chi connectivity index (χ1n) is 5.15. The molecular formula is C10H15N3O3S. The summed E-state index contributed by atoms with van der Waals surface area (Å²) in [7, 11) is -3.07. The fraction of sp³-hybridized carbons (Fsp3) is 0.400. The van der Waals surface area contributed by atoms with Crippen molar-refractivity contribution in [3.63, 3.8) is 0 Å². The maximum atomic E-state index is 11.5. The molecule has 0 spiro atoms. The number of aromatic nitrogens is 1. The van der Waals surface area contributed by atoms with Crippen molar-refractivity contribution < 1.29 is 13.2 Å². The highest BCUT2D eigenvalue weighted by atomic mass is 32.2. The zero-order chi connectivity index (χ0) is 12.9. The molecule has 17 heavy (non-hydrogen) atoms. The van der Waals surface area contributed by atoms with Gasteiger partial charge in [-0.05, 0) is 12.1 Å². The number of nitrogens with one attached hydrogen (secondary N) is 1.